The van der Waals surface area contributed by atoms with Crippen LogP contribution in [0.1, 0.15) is 58.2 Å². The molecule has 1 aromatic carbocycles. The second-order valence-corrected chi connectivity index (χ2v) is 8.48. The zero-order valence-electron chi connectivity index (χ0n) is 17.2. The van der Waals surface area contributed by atoms with Crippen LogP contribution in [0.5, 0.6) is 0 Å². The molecule has 2 aromatic heterocycles. The van der Waals surface area contributed by atoms with Gasteiger partial charge >= 0.3 is 0 Å². The number of nitrogens with zero attached hydrogens (tertiary/aromatic N) is 4. The van der Waals surface area contributed by atoms with E-state index in [1.807, 2.05) is 28.7 Å². The van der Waals surface area contributed by atoms with Crippen LogP contribution in [0.15, 0.2) is 29.1 Å². The highest BCUT2D eigenvalue weighted by atomic mass is 16.1. The molecule has 1 aliphatic carbocycles. The van der Waals surface area contributed by atoms with Crippen molar-refractivity contribution in [3.05, 3.63) is 40.4 Å². The van der Waals surface area contributed by atoms with Crippen LogP contribution >= 0.6 is 0 Å². The number of aromatic nitrogens is 4. The topological polar surface area (TPSA) is 81.3 Å². The molecule has 29 heavy (non-hydrogen) atoms. The Morgan fingerprint density at radius 2 is 1.93 bits per heavy atom. The molecule has 0 radical (unpaired) electrons. The number of carbonyl (C=O) groups is 1. The van der Waals surface area contributed by atoms with Gasteiger partial charge in [-0.25, -0.2) is 0 Å². The summed E-state index contributed by atoms with van der Waals surface area (Å²) in [5.74, 6) is 1.63. The average Bonchev–Trinajstić information content (AvgIpc) is 3.14. The summed E-state index contributed by atoms with van der Waals surface area (Å²) in [5, 5.41) is 12.5. The lowest BCUT2D eigenvalue weighted by atomic mass is 9.95. The molecular formula is C22H29N5O2. The summed E-state index contributed by atoms with van der Waals surface area (Å²) in [6.45, 7) is 4.73. The number of hydrogen-bond donors (Lipinski definition) is 1. The molecule has 154 valence electrons. The number of carbonyl (C=O) groups excluding carboxylic acids is 1. The summed E-state index contributed by atoms with van der Waals surface area (Å²) in [4.78, 5) is 25.4. The standard InChI is InChI=1S/C22H29N5O2/c1-15(2)14-26-21(29)17-10-6-7-11-18(17)27-19(24-25-22(26)27)12-13-20(28)23-16-8-4-3-5-9-16/h6-7,10-11,15-16H,3-5,8-9,12-14H2,1-2H3,(H,23,28). The SMILES string of the molecule is CC(C)Cn1c(=O)c2ccccc2n2c(CCC(=O)NC3CCCCC3)nnc12. The Morgan fingerprint density at radius 3 is 2.69 bits per heavy atom. The maximum absolute atomic E-state index is 13.0. The minimum atomic E-state index is -0.0456. The van der Waals surface area contributed by atoms with Gasteiger partial charge in [0.15, 0.2) is 0 Å². The molecule has 0 bridgehead atoms. The predicted octanol–water partition coefficient (Wildman–Crippen LogP) is 3.08. The Labute approximate surface area is 170 Å². The van der Waals surface area contributed by atoms with E-state index in [2.05, 4.69) is 29.4 Å². The molecule has 3 aromatic rings. The number of rotatable bonds is 6. The van der Waals surface area contributed by atoms with Gasteiger partial charge in [0.25, 0.3) is 5.56 Å². The molecule has 1 saturated carbocycles. The number of amides is 1. The van der Waals surface area contributed by atoms with E-state index < -0.39 is 0 Å². The van der Waals surface area contributed by atoms with Gasteiger partial charge in [-0.1, -0.05) is 45.2 Å². The first-order chi connectivity index (χ1) is 14.0. The summed E-state index contributed by atoms with van der Waals surface area (Å²) < 4.78 is 3.64. The van der Waals surface area contributed by atoms with E-state index in [1.54, 1.807) is 4.57 Å². The first-order valence-corrected chi connectivity index (χ1v) is 10.7. The molecule has 1 amide bonds. The third-order valence-corrected chi connectivity index (χ3v) is 5.67. The van der Waals surface area contributed by atoms with Gasteiger partial charge in [-0.05, 0) is 30.9 Å². The molecule has 1 N–H and O–H groups in total. The molecule has 0 saturated heterocycles. The van der Waals surface area contributed by atoms with Crippen molar-refractivity contribution in [1.29, 1.82) is 0 Å². The fraction of sp³-hybridized carbons (Fsp3) is 0.545. The number of nitrogens with one attached hydrogen (secondary N) is 1. The number of benzene rings is 1. The molecular weight excluding hydrogens is 366 g/mol. The molecule has 1 aliphatic rings. The molecule has 0 spiro atoms. The molecule has 4 rings (SSSR count). The van der Waals surface area contributed by atoms with Crippen molar-refractivity contribution in [2.45, 2.75) is 71.4 Å². The van der Waals surface area contributed by atoms with Gasteiger partial charge in [0.1, 0.15) is 5.82 Å². The molecule has 7 heteroatoms. The maximum Gasteiger partial charge on any atom is 0.262 e. The van der Waals surface area contributed by atoms with Crippen LogP contribution in [0.4, 0.5) is 0 Å². The van der Waals surface area contributed by atoms with Crippen molar-refractivity contribution in [2.75, 3.05) is 0 Å². The smallest absolute Gasteiger partial charge is 0.262 e. The lowest BCUT2D eigenvalue weighted by Crippen LogP contribution is -2.36. The highest BCUT2D eigenvalue weighted by Gasteiger charge is 2.19. The summed E-state index contributed by atoms with van der Waals surface area (Å²) in [7, 11) is 0. The van der Waals surface area contributed by atoms with E-state index in [0.29, 0.717) is 48.3 Å². The Balaban J connectivity index is 1.64. The van der Waals surface area contributed by atoms with E-state index in [-0.39, 0.29) is 11.5 Å². The minimum absolute atomic E-state index is 0.0456. The van der Waals surface area contributed by atoms with E-state index in [9.17, 15) is 9.59 Å². The highest BCUT2D eigenvalue weighted by molar-refractivity contribution is 5.80. The monoisotopic (exact) mass is 395 g/mol. The Bertz CT molecular complexity index is 1080. The summed E-state index contributed by atoms with van der Waals surface area (Å²) >= 11 is 0. The third-order valence-electron chi connectivity index (χ3n) is 5.67. The van der Waals surface area contributed by atoms with Crippen LogP contribution in [-0.4, -0.2) is 31.1 Å². The fourth-order valence-corrected chi connectivity index (χ4v) is 4.28. The van der Waals surface area contributed by atoms with Gasteiger partial charge in [-0.3, -0.25) is 18.6 Å². The number of aryl methyl sites for hydroxylation is 1. The fourth-order valence-electron chi connectivity index (χ4n) is 4.28. The first kappa shape index (κ1) is 19.6. The van der Waals surface area contributed by atoms with Crippen LogP contribution in [0.3, 0.4) is 0 Å². The van der Waals surface area contributed by atoms with Crippen LogP contribution in [0.2, 0.25) is 0 Å². The minimum Gasteiger partial charge on any atom is -0.353 e. The number of para-hydroxylation sites is 1. The zero-order chi connectivity index (χ0) is 20.4. The molecule has 0 aliphatic heterocycles. The van der Waals surface area contributed by atoms with Crippen molar-refractivity contribution in [2.24, 2.45) is 5.92 Å². The van der Waals surface area contributed by atoms with Crippen molar-refractivity contribution in [3.63, 3.8) is 0 Å². The van der Waals surface area contributed by atoms with Gasteiger partial charge in [0, 0.05) is 25.4 Å². The zero-order valence-corrected chi connectivity index (χ0v) is 17.2. The summed E-state index contributed by atoms with van der Waals surface area (Å²) in [5.41, 5.74) is 0.746. The largest absolute Gasteiger partial charge is 0.353 e. The first-order valence-electron chi connectivity index (χ1n) is 10.7. The van der Waals surface area contributed by atoms with Crippen LogP contribution in [0.25, 0.3) is 16.7 Å². The highest BCUT2D eigenvalue weighted by Crippen LogP contribution is 2.18. The summed E-state index contributed by atoms with van der Waals surface area (Å²) in [6.07, 6.45) is 6.66. The number of hydrogen-bond acceptors (Lipinski definition) is 4. The second-order valence-electron chi connectivity index (χ2n) is 8.48. The van der Waals surface area contributed by atoms with Gasteiger partial charge in [0.2, 0.25) is 11.7 Å². The molecule has 0 unspecified atom stereocenters. The molecule has 7 nitrogen and oxygen atoms in total. The third kappa shape index (κ3) is 4.04. The van der Waals surface area contributed by atoms with Gasteiger partial charge in [0.05, 0.1) is 10.9 Å². The van der Waals surface area contributed by atoms with Gasteiger partial charge in [-0.15, -0.1) is 10.2 Å². The van der Waals surface area contributed by atoms with Crippen LogP contribution in [0, 0.1) is 5.92 Å². The average molecular weight is 396 g/mol. The van der Waals surface area contributed by atoms with Gasteiger partial charge < -0.3 is 5.32 Å². The Morgan fingerprint density at radius 1 is 1.17 bits per heavy atom. The maximum atomic E-state index is 13.0. The van der Waals surface area contributed by atoms with Gasteiger partial charge in [-0.2, -0.15) is 0 Å². The lowest BCUT2D eigenvalue weighted by Gasteiger charge is -2.22. The quantitative estimate of drug-likeness (QED) is 0.695. The van der Waals surface area contributed by atoms with Crippen LogP contribution < -0.4 is 10.9 Å². The summed E-state index contributed by atoms with van der Waals surface area (Å²) in [6, 6.07) is 7.85. The second kappa shape index (κ2) is 8.35. The van der Waals surface area contributed by atoms with Crippen LogP contribution in [-0.2, 0) is 17.8 Å². The normalized spacial score (nSPS) is 15.4. The van der Waals surface area contributed by atoms with E-state index in [1.165, 1.54) is 19.3 Å². The predicted molar refractivity (Wildman–Crippen MR) is 113 cm³/mol. The van der Waals surface area contributed by atoms with Crippen molar-refractivity contribution in [3.8, 4) is 0 Å². The van der Waals surface area contributed by atoms with E-state index in [4.69, 9.17) is 0 Å². The van der Waals surface area contributed by atoms with Crippen molar-refractivity contribution < 1.29 is 4.79 Å². The number of fused-ring (bicyclic) bond motifs is 3. The Hall–Kier alpha value is -2.70. The molecule has 0 atom stereocenters. The molecule has 2 heterocycles. The lowest BCUT2D eigenvalue weighted by molar-refractivity contribution is -0.122. The van der Waals surface area contributed by atoms with E-state index >= 15 is 0 Å². The van der Waals surface area contributed by atoms with Crippen molar-refractivity contribution in [1.82, 2.24) is 24.5 Å². The van der Waals surface area contributed by atoms with E-state index in [0.717, 1.165) is 18.4 Å². The van der Waals surface area contributed by atoms with Crippen molar-refractivity contribution >= 4 is 22.6 Å². The Kier molecular flexibility index (Phi) is 5.65. The molecule has 1 fully saturated rings.